The Labute approximate surface area is 193 Å². The number of nitrogens with zero attached hydrogens (tertiary/aromatic N) is 3. The van der Waals surface area contributed by atoms with Crippen LogP contribution < -0.4 is 9.64 Å². The van der Waals surface area contributed by atoms with E-state index >= 15 is 0 Å². The zero-order valence-corrected chi connectivity index (χ0v) is 19.1. The largest absolute Gasteiger partial charge is 0.493 e. The van der Waals surface area contributed by atoms with Gasteiger partial charge in [0, 0.05) is 27.8 Å². The van der Waals surface area contributed by atoms with Crippen LogP contribution in [0.1, 0.15) is 39.0 Å². The highest BCUT2D eigenvalue weighted by Crippen LogP contribution is 2.32. The molecule has 2 aliphatic heterocycles. The van der Waals surface area contributed by atoms with Crippen molar-refractivity contribution in [1.29, 1.82) is 0 Å². The van der Waals surface area contributed by atoms with Gasteiger partial charge in [-0.25, -0.2) is 9.48 Å². The molecule has 1 amide bonds. The van der Waals surface area contributed by atoms with E-state index < -0.39 is 5.97 Å². The normalized spacial score (nSPS) is 14.8. The number of carbonyl (C=O) groups is 2. The van der Waals surface area contributed by atoms with Gasteiger partial charge >= 0.3 is 5.97 Å². The Balaban J connectivity index is 1.63. The second kappa shape index (κ2) is 7.99. The summed E-state index contributed by atoms with van der Waals surface area (Å²) in [4.78, 5) is 27.9. The van der Waals surface area contributed by atoms with Crippen LogP contribution in [0.3, 0.4) is 0 Å². The van der Waals surface area contributed by atoms with Crippen molar-refractivity contribution in [2.75, 3.05) is 24.7 Å². The lowest BCUT2D eigenvalue weighted by Gasteiger charge is -2.27. The lowest BCUT2D eigenvalue weighted by atomic mass is 10.0. The third-order valence-corrected chi connectivity index (χ3v) is 6.26. The summed E-state index contributed by atoms with van der Waals surface area (Å²) < 4.78 is 13.5. The molecule has 0 spiro atoms. The van der Waals surface area contributed by atoms with Gasteiger partial charge in [-0.2, -0.15) is 5.10 Å². The Bertz CT molecular complexity index is 1190. The highest BCUT2D eigenvalue weighted by Gasteiger charge is 2.35. The van der Waals surface area contributed by atoms with Crippen LogP contribution in [-0.2, 0) is 17.6 Å². The van der Waals surface area contributed by atoms with Crippen LogP contribution in [0.25, 0.3) is 5.69 Å². The monoisotopic (exact) mass is 529 g/mol. The van der Waals surface area contributed by atoms with E-state index in [4.69, 9.17) is 9.47 Å². The summed E-state index contributed by atoms with van der Waals surface area (Å²) in [5.74, 6) is 0.169. The summed E-state index contributed by atoms with van der Waals surface area (Å²) in [7, 11) is 0. The number of amides is 1. The number of hydrogen-bond donors (Lipinski definition) is 0. The average Bonchev–Trinajstić information content (AvgIpc) is 3.39. The SMILES string of the molecule is CCOC(=O)c1nn(-c2ccc3c(c2)CCO3)c2c1CCN(c1ccc(I)cc1)C2=O. The van der Waals surface area contributed by atoms with Crippen molar-refractivity contribution in [3.05, 3.63) is 68.5 Å². The van der Waals surface area contributed by atoms with Crippen molar-refractivity contribution >= 4 is 40.2 Å². The summed E-state index contributed by atoms with van der Waals surface area (Å²) >= 11 is 2.24. The number of anilines is 1. The molecule has 5 rings (SSSR count). The number of esters is 1. The number of carbonyl (C=O) groups excluding carboxylic acids is 2. The third kappa shape index (κ3) is 3.48. The van der Waals surface area contributed by atoms with Gasteiger partial charge < -0.3 is 14.4 Å². The molecule has 0 saturated heterocycles. The highest BCUT2D eigenvalue weighted by molar-refractivity contribution is 14.1. The number of hydrogen-bond acceptors (Lipinski definition) is 5. The number of benzene rings is 2. The Morgan fingerprint density at radius 3 is 2.71 bits per heavy atom. The van der Waals surface area contributed by atoms with Crippen LogP contribution in [0.15, 0.2) is 42.5 Å². The number of fused-ring (bicyclic) bond motifs is 2. The standard InChI is InChI=1S/C23H20IN3O4/c1-2-30-23(29)20-18-9-11-26(16-5-3-15(24)4-6-16)22(28)21(18)27(25-20)17-7-8-19-14(13-17)10-12-31-19/h3-8,13H,2,9-12H2,1H3. The zero-order chi connectivity index (χ0) is 21.5. The van der Waals surface area contributed by atoms with Crippen molar-refractivity contribution < 1.29 is 19.1 Å². The van der Waals surface area contributed by atoms with E-state index in [2.05, 4.69) is 27.7 Å². The molecular weight excluding hydrogens is 509 g/mol. The molecule has 0 radical (unpaired) electrons. The second-order valence-corrected chi connectivity index (χ2v) is 8.63. The van der Waals surface area contributed by atoms with E-state index in [0.29, 0.717) is 30.8 Å². The molecule has 1 aromatic heterocycles. The first kappa shape index (κ1) is 20.0. The van der Waals surface area contributed by atoms with E-state index in [1.807, 2.05) is 42.5 Å². The summed E-state index contributed by atoms with van der Waals surface area (Å²) in [5.41, 5.74) is 3.88. The maximum absolute atomic E-state index is 13.6. The number of rotatable bonds is 4. The summed E-state index contributed by atoms with van der Waals surface area (Å²) in [6, 6.07) is 13.5. The number of ether oxygens (including phenoxy) is 2. The molecule has 3 aromatic rings. The average molecular weight is 529 g/mol. The molecule has 0 atom stereocenters. The van der Waals surface area contributed by atoms with Crippen molar-refractivity contribution in [2.24, 2.45) is 0 Å². The Morgan fingerprint density at radius 1 is 1.16 bits per heavy atom. The van der Waals surface area contributed by atoms with E-state index in [-0.39, 0.29) is 18.2 Å². The lowest BCUT2D eigenvalue weighted by molar-refractivity contribution is 0.0517. The smallest absolute Gasteiger partial charge is 0.359 e. The summed E-state index contributed by atoms with van der Waals surface area (Å²) in [6.07, 6.45) is 1.33. The summed E-state index contributed by atoms with van der Waals surface area (Å²) in [5, 5.41) is 4.55. The maximum atomic E-state index is 13.6. The fraction of sp³-hybridized carbons (Fsp3) is 0.261. The van der Waals surface area contributed by atoms with E-state index in [0.717, 1.165) is 32.7 Å². The highest BCUT2D eigenvalue weighted by atomic mass is 127. The van der Waals surface area contributed by atoms with Crippen LogP contribution in [0.4, 0.5) is 5.69 Å². The lowest BCUT2D eigenvalue weighted by Crippen LogP contribution is -2.39. The predicted molar refractivity (Wildman–Crippen MR) is 123 cm³/mol. The molecule has 31 heavy (non-hydrogen) atoms. The fourth-order valence-corrected chi connectivity index (χ4v) is 4.44. The molecule has 0 bridgehead atoms. The first-order valence-electron chi connectivity index (χ1n) is 10.2. The quantitative estimate of drug-likeness (QED) is 0.380. The molecule has 8 heteroatoms. The molecule has 0 unspecified atom stereocenters. The van der Waals surface area contributed by atoms with E-state index in [9.17, 15) is 9.59 Å². The molecule has 158 valence electrons. The van der Waals surface area contributed by atoms with E-state index in [1.165, 1.54) is 0 Å². The minimum atomic E-state index is -0.502. The molecule has 7 nitrogen and oxygen atoms in total. The Morgan fingerprint density at radius 2 is 1.94 bits per heavy atom. The number of aromatic nitrogens is 2. The van der Waals surface area contributed by atoms with Crippen molar-refractivity contribution in [3.63, 3.8) is 0 Å². The van der Waals surface area contributed by atoms with Gasteiger partial charge in [-0.1, -0.05) is 0 Å². The van der Waals surface area contributed by atoms with Gasteiger partial charge in [-0.05, 0) is 84.0 Å². The fourth-order valence-electron chi connectivity index (χ4n) is 4.08. The van der Waals surface area contributed by atoms with Gasteiger partial charge in [-0.3, -0.25) is 4.79 Å². The van der Waals surface area contributed by atoms with Crippen LogP contribution in [0.2, 0.25) is 0 Å². The number of halogens is 1. The molecule has 3 heterocycles. The minimum absolute atomic E-state index is 0.178. The molecule has 0 saturated carbocycles. The first-order valence-corrected chi connectivity index (χ1v) is 11.3. The molecule has 0 fully saturated rings. The van der Waals surface area contributed by atoms with Gasteiger partial charge in [0.25, 0.3) is 5.91 Å². The summed E-state index contributed by atoms with van der Waals surface area (Å²) in [6.45, 7) is 3.12. The van der Waals surface area contributed by atoms with Crippen molar-refractivity contribution in [1.82, 2.24) is 9.78 Å². The molecule has 0 aliphatic carbocycles. The second-order valence-electron chi connectivity index (χ2n) is 7.38. The third-order valence-electron chi connectivity index (χ3n) is 5.54. The maximum Gasteiger partial charge on any atom is 0.359 e. The zero-order valence-electron chi connectivity index (χ0n) is 16.9. The first-order chi connectivity index (χ1) is 15.1. The molecular formula is C23H20IN3O4. The Hall–Kier alpha value is -2.88. The Kier molecular flexibility index (Phi) is 5.17. The minimum Gasteiger partial charge on any atom is -0.493 e. The van der Waals surface area contributed by atoms with Crippen LogP contribution in [-0.4, -0.2) is 41.4 Å². The predicted octanol–water partition coefficient (Wildman–Crippen LogP) is 3.79. The molecule has 2 aliphatic rings. The van der Waals surface area contributed by atoms with Crippen LogP contribution in [0, 0.1) is 3.57 Å². The molecule has 0 N–H and O–H groups in total. The van der Waals surface area contributed by atoms with Gasteiger partial charge in [-0.15, -0.1) is 0 Å². The molecule has 2 aromatic carbocycles. The van der Waals surface area contributed by atoms with Crippen LogP contribution >= 0.6 is 22.6 Å². The van der Waals surface area contributed by atoms with Gasteiger partial charge in [0.05, 0.1) is 18.9 Å². The van der Waals surface area contributed by atoms with E-state index in [1.54, 1.807) is 16.5 Å². The van der Waals surface area contributed by atoms with Gasteiger partial charge in [0.1, 0.15) is 11.4 Å². The topological polar surface area (TPSA) is 73.7 Å². The van der Waals surface area contributed by atoms with Crippen LogP contribution in [0.5, 0.6) is 5.75 Å². The van der Waals surface area contributed by atoms with Crippen molar-refractivity contribution in [2.45, 2.75) is 19.8 Å². The van der Waals surface area contributed by atoms with Gasteiger partial charge in [0.2, 0.25) is 0 Å². The van der Waals surface area contributed by atoms with Gasteiger partial charge in [0.15, 0.2) is 5.69 Å². The van der Waals surface area contributed by atoms with Crippen molar-refractivity contribution in [3.8, 4) is 11.4 Å².